The zero-order chi connectivity index (χ0) is 28.2. The van der Waals surface area contributed by atoms with E-state index in [0.29, 0.717) is 23.0 Å². The summed E-state index contributed by atoms with van der Waals surface area (Å²) in [5, 5.41) is 10.6. The maximum absolute atomic E-state index is 13.0. The molecule has 5 rings (SSSR count). The minimum atomic E-state index is -5.08. The van der Waals surface area contributed by atoms with Crippen molar-refractivity contribution in [2.75, 3.05) is 13.2 Å². The monoisotopic (exact) mass is 571 g/mol. The summed E-state index contributed by atoms with van der Waals surface area (Å²) in [7, 11) is 0. The van der Waals surface area contributed by atoms with E-state index in [1.165, 1.54) is 11.6 Å². The first-order valence-corrected chi connectivity index (χ1v) is 12.6. The maximum Gasteiger partial charge on any atom is 0.490 e. The van der Waals surface area contributed by atoms with Crippen molar-refractivity contribution in [2.45, 2.75) is 37.8 Å². The average molecular weight is 572 g/mol. The van der Waals surface area contributed by atoms with Gasteiger partial charge in [0.15, 0.2) is 0 Å². The fraction of sp³-hybridized carbons (Fsp3) is 0.308. The van der Waals surface area contributed by atoms with Crippen LogP contribution in [0, 0.1) is 0 Å². The molecule has 1 fully saturated rings. The Morgan fingerprint density at radius 2 is 1.74 bits per heavy atom. The molecule has 1 unspecified atom stereocenters. The number of aromatic amines is 1. The lowest BCUT2D eigenvalue weighted by Crippen LogP contribution is -2.25. The second-order valence-electron chi connectivity index (χ2n) is 8.74. The number of hydrogen-bond donors (Lipinski definition) is 3. The molecule has 4 aromatic rings. The number of aliphatic carboxylic acids is 1. The largest absolute Gasteiger partial charge is 0.490 e. The third-order valence-corrected chi connectivity index (χ3v) is 7.00. The van der Waals surface area contributed by atoms with E-state index in [-0.39, 0.29) is 0 Å². The number of H-pyrrole nitrogens is 1. The van der Waals surface area contributed by atoms with E-state index in [1.54, 1.807) is 11.3 Å². The molecule has 0 bridgehead atoms. The standard InChI is InChI=1S/C24H22F3N3OS.C2HF3O2/c25-24(26,27)17-7-8-19-20(12-17)30-23(29-19)22-10-9-21(32-22)16-5-3-15(4-6-16)13-28-14-18-2-1-11-31-18;3-2(4,5)1(6)7/h3-10,12,18,28H,1-2,11,13-14H2,(H,29,30);(H,6,7). The molecule has 1 atom stereocenters. The summed E-state index contributed by atoms with van der Waals surface area (Å²) in [5.41, 5.74) is 2.52. The van der Waals surface area contributed by atoms with Gasteiger partial charge in [-0.2, -0.15) is 26.3 Å². The highest BCUT2D eigenvalue weighted by molar-refractivity contribution is 7.18. The molecule has 2 aromatic carbocycles. The molecule has 0 aliphatic carbocycles. The SMILES string of the molecule is FC(F)(F)c1ccc2nc(-c3ccc(-c4ccc(CNCC5CCCO5)cc4)s3)[nH]c2c1.O=C(O)C(F)(F)F. The highest BCUT2D eigenvalue weighted by atomic mass is 32.1. The molecule has 6 nitrogen and oxygen atoms in total. The number of thiophene rings is 1. The van der Waals surface area contributed by atoms with Crippen LogP contribution in [0.5, 0.6) is 0 Å². The molecule has 0 amide bonds. The van der Waals surface area contributed by atoms with Gasteiger partial charge in [0.1, 0.15) is 5.82 Å². The van der Waals surface area contributed by atoms with Crippen LogP contribution in [0.4, 0.5) is 26.3 Å². The van der Waals surface area contributed by atoms with Gasteiger partial charge in [0, 0.05) is 24.6 Å². The van der Waals surface area contributed by atoms with Crippen LogP contribution in [-0.4, -0.2) is 46.5 Å². The number of aromatic nitrogens is 2. The Morgan fingerprint density at radius 1 is 1.05 bits per heavy atom. The van der Waals surface area contributed by atoms with E-state index in [1.807, 2.05) is 12.1 Å². The van der Waals surface area contributed by atoms with Crippen LogP contribution in [0.2, 0.25) is 0 Å². The second-order valence-corrected chi connectivity index (χ2v) is 9.83. The number of carbonyl (C=O) groups is 1. The summed E-state index contributed by atoms with van der Waals surface area (Å²) in [4.78, 5) is 18.3. The number of nitrogens with zero attached hydrogens (tertiary/aromatic N) is 1. The van der Waals surface area contributed by atoms with Gasteiger partial charge in [0.25, 0.3) is 0 Å². The van der Waals surface area contributed by atoms with Gasteiger partial charge >= 0.3 is 18.3 Å². The molecule has 1 saturated heterocycles. The quantitative estimate of drug-likeness (QED) is 0.220. The third-order valence-electron chi connectivity index (χ3n) is 5.85. The normalized spacial score (nSPS) is 15.8. The molecular formula is C26H23F6N3O3S. The Bertz CT molecular complexity index is 1410. The minimum Gasteiger partial charge on any atom is -0.475 e. The van der Waals surface area contributed by atoms with E-state index >= 15 is 0 Å². The Labute approximate surface area is 222 Å². The molecule has 3 N–H and O–H groups in total. The van der Waals surface area contributed by atoms with Crippen LogP contribution in [0.1, 0.15) is 24.0 Å². The van der Waals surface area contributed by atoms with Gasteiger partial charge < -0.3 is 20.1 Å². The van der Waals surface area contributed by atoms with Crippen LogP contribution in [-0.2, 0) is 22.3 Å². The van der Waals surface area contributed by atoms with E-state index in [9.17, 15) is 26.3 Å². The summed E-state index contributed by atoms with van der Waals surface area (Å²) < 4.78 is 76.3. The lowest BCUT2D eigenvalue weighted by atomic mass is 10.1. The molecule has 1 aliphatic rings. The predicted octanol–water partition coefficient (Wildman–Crippen LogP) is 6.88. The van der Waals surface area contributed by atoms with Crippen molar-refractivity contribution in [2.24, 2.45) is 0 Å². The molecule has 0 radical (unpaired) electrons. The smallest absolute Gasteiger partial charge is 0.475 e. The molecule has 39 heavy (non-hydrogen) atoms. The van der Waals surface area contributed by atoms with E-state index in [2.05, 4.69) is 39.6 Å². The van der Waals surface area contributed by atoms with Crippen LogP contribution >= 0.6 is 11.3 Å². The fourth-order valence-corrected chi connectivity index (χ4v) is 4.85. The number of rotatable bonds is 6. The highest BCUT2D eigenvalue weighted by Crippen LogP contribution is 2.35. The number of hydrogen-bond acceptors (Lipinski definition) is 5. The van der Waals surface area contributed by atoms with Gasteiger partial charge in [-0.25, -0.2) is 9.78 Å². The van der Waals surface area contributed by atoms with Crippen LogP contribution < -0.4 is 5.32 Å². The zero-order valence-electron chi connectivity index (χ0n) is 20.2. The van der Waals surface area contributed by atoms with Gasteiger partial charge in [-0.05, 0) is 54.3 Å². The molecular weight excluding hydrogens is 548 g/mol. The van der Waals surface area contributed by atoms with Gasteiger partial charge in [0.2, 0.25) is 0 Å². The summed E-state index contributed by atoms with van der Waals surface area (Å²) in [6.45, 7) is 2.54. The molecule has 3 heterocycles. The Morgan fingerprint density at radius 3 is 2.36 bits per heavy atom. The third kappa shape index (κ3) is 7.58. The van der Waals surface area contributed by atoms with E-state index in [0.717, 1.165) is 60.0 Å². The number of nitrogens with one attached hydrogen (secondary N) is 2. The Balaban J connectivity index is 0.000000448. The van der Waals surface area contributed by atoms with E-state index < -0.39 is 23.9 Å². The van der Waals surface area contributed by atoms with Gasteiger partial charge in [-0.15, -0.1) is 11.3 Å². The lowest BCUT2D eigenvalue weighted by Gasteiger charge is -2.10. The zero-order valence-corrected chi connectivity index (χ0v) is 21.0. The summed E-state index contributed by atoms with van der Waals surface area (Å²) in [6.07, 6.45) is -6.85. The number of carboxylic acids is 1. The van der Waals surface area contributed by atoms with Crippen molar-refractivity contribution < 1.29 is 41.0 Å². The number of ether oxygens (including phenoxy) is 1. The average Bonchev–Trinajstić information content (AvgIpc) is 3.63. The first-order chi connectivity index (χ1) is 18.4. The number of alkyl halides is 6. The number of imidazole rings is 1. The van der Waals surface area contributed by atoms with Crippen molar-refractivity contribution in [1.82, 2.24) is 15.3 Å². The minimum absolute atomic E-state index is 0.331. The van der Waals surface area contributed by atoms with Gasteiger partial charge in [0.05, 0.1) is 27.6 Å². The lowest BCUT2D eigenvalue weighted by molar-refractivity contribution is -0.192. The number of benzene rings is 2. The Kier molecular flexibility index (Phi) is 8.62. The van der Waals surface area contributed by atoms with Crippen molar-refractivity contribution in [3.05, 3.63) is 65.7 Å². The topological polar surface area (TPSA) is 87.2 Å². The molecule has 2 aromatic heterocycles. The molecule has 13 heteroatoms. The first-order valence-electron chi connectivity index (χ1n) is 11.8. The van der Waals surface area contributed by atoms with Crippen LogP contribution in [0.3, 0.4) is 0 Å². The molecule has 208 valence electrons. The number of fused-ring (bicyclic) bond motifs is 1. The summed E-state index contributed by atoms with van der Waals surface area (Å²) >= 11 is 1.56. The van der Waals surface area contributed by atoms with Crippen molar-refractivity contribution in [3.63, 3.8) is 0 Å². The second kappa shape index (κ2) is 11.8. The summed E-state index contributed by atoms with van der Waals surface area (Å²) in [6, 6.07) is 15.9. The molecule has 0 saturated carbocycles. The predicted molar refractivity (Wildman–Crippen MR) is 134 cm³/mol. The van der Waals surface area contributed by atoms with Crippen LogP contribution in [0.25, 0.3) is 32.2 Å². The van der Waals surface area contributed by atoms with Gasteiger partial charge in [-0.3, -0.25) is 0 Å². The first kappa shape index (κ1) is 28.6. The van der Waals surface area contributed by atoms with E-state index in [4.69, 9.17) is 14.6 Å². The van der Waals surface area contributed by atoms with Crippen LogP contribution in [0.15, 0.2) is 54.6 Å². The summed E-state index contributed by atoms with van der Waals surface area (Å²) in [5.74, 6) is -2.18. The van der Waals surface area contributed by atoms with Crippen molar-refractivity contribution >= 4 is 28.3 Å². The van der Waals surface area contributed by atoms with Crippen molar-refractivity contribution in [1.29, 1.82) is 0 Å². The molecule has 0 spiro atoms. The fourth-order valence-electron chi connectivity index (χ4n) is 3.89. The highest BCUT2D eigenvalue weighted by Gasteiger charge is 2.38. The van der Waals surface area contributed by atoms with Gasteiger partial charge in [-0.1, -0.05) is 24.3 Å². The van der Waals surface area contributed by atoms with Crippen molar-refractivity contribution in [3.8, 4) is 21.1 Å². The Hall–Kier alpha value is -3.42. The molecule has 1 aliphatic heterocycles. The maximum atomic E-state index is 13.0. The number of halogens is 6. The number of carboxylic acid groups (broad SMARTS) is 1.